The molecule has 7 heteroatoms. The zero-order chi connectivity index (χ0) is 19.4. The van der Waals surface area contributed by atoms with E-state index in [0.717, 1.165) is 16.7 Å². The first-order valence-electron chi connectivity index (χ1n) is 8.56. The van der Waals surface area contributed by atoms with Crippen molar-refractivity contribution in [2.45, 2.75) is 37.3 Å². The number of nitrogens with one attached hydrogen (secondary N) is 1. The average Bonchev–Trinajstić information content (AvgIpc) is 3.10. The molecule has 0 saturated heterocycles. The summed E-state index contributed by atoms with van der Waals surface area (Å²) in [4.78, 5) is 12.4. The Hall–Kier alpha value is -2.67. The van der Waals surface area contributed by atoms with Crippen LogP contribution in [0, 0.1) is 12.7 Å². The molecule has 2 aromatic carbocycles. The lowest BCUT2D eigenvalue weighted by Crippen LogP contribution is -2.33. The van der Waals surface area contributed by atoms with Crippen molar-refractivity contribution in [3.05, 3.63) is 65.5 Å². The second kappa shape index (κ2) is 8.35. The van der Waals surface area contributed by atoms with Crippen LogP contribution in [0.5, 0.6) is 0 Å². The first kappa shape index (κ1) is 19.1. The highest BCUT2D eigenvalue weighted by atomic mass is 32.2. The lowest BCUT2D eigenvalue weighted by molar-refractivity contribution is -0.120. The van der Waals surface area contributed by atoms with Crippen LogP contribution in [-0.4, -0.2) is 21.4 Å². The fourth-order valence-electron chi connectivity index (χ4n) is 2.55. The van der Waals surface area contributed by atoms with Crippen molar-refractivity contribution in [3.8, 4) is 11.5 Å². The molecule has 1 aromatic heterocycles. The Kier molecular flexibility index (Phi) is 5.91. The fourth-order valence-corrected chi connectivity index (χ4v) is 3.24. The van der Waals surface area contributed by atoms with Gasteiger partial charge in [0.2, 0.25) is 11.8 Å². The topological polar surface area (TPSA) is 68.0 Å². The van der Waals surface area contributed by atoms with Crippen LogP contribution in [0.2, 0.25) is 0 Å². The summed E-state index contributed by atoms with van der Waals surface area (Å²) in [5.74, 6) is -0.0302. The van der Waals surface area contributed by atoms with Crippen LogP contribution >= 0.6 is 11.8 Å². The minimum atomic E-state index is -0.418. The third-order valence-corrected chi connectivity index (χ3v) is 5.09. The minimum Gasteiger partial charge on any atom is -0.411 e. The van der Waals surface area contributed by atoms with E-state index in [2.05, 4.69) is 15.5 Å². The summed E-state index contributed by atoms with van der Waals surface area (Å²) in [5.41, 5.74) is 2.75. The number of thioether (sulfide) groups is 1. The van der Waals surface area contributed by atoms with Crippen molar-refractivity contribution in [2.24, 2.45) is 0 Å². The van der Waals surface area contributed by atoms with E-state index in [1.807, 2.05) is 38.1 Å². The molecule has 0 aliphatic rings. The van der Waals surface area contributed by atoms with Crippen molar-refractivity contribution in [2.75, 3.05) is 0 Å². The molecule has 27 heavy (non-hydrogen) atoms. The molecular formula is C20H20FN3O2S. The second-order valence-electron chi connectivity index (χ2n) is 6.23. The first-order valence-corrected chi connectivity index (χ1v) is 9.44. The molecule has 0 fully saturated rings. The van der Waals surface area contributed by atoms with Gasteiger partial charge in [0.1, 0.15) is 5.82 Å². The highest BCUT2D eigenvalue weighted by molar-refractivity contribution is 8.00. The summed E-state index contributed by atoms with van der Waals surface area (Å²) in [5, 5.41) is 10.9. The molecule has 1 N–H and O–H groups in total. The van der Waals surface area contributed by atoms with Crippen LogP contribution in [0.25, 0.3) is 11.5 Å². The molecule has 3 rings (SSSR count). The zero-order valence-electron chi connectivity index (χ0n) is 15.3. The van der Waals surface area contributed by atoms with Crippen molar-refractivity contribution in [1.29, 1.82) is 0 Å². The molecule has 0 aliphatic heterocycles. The van der Waals surface area contributed by atoms with Crippen LogP contribution in [-0.2, 0) is 4.79 Å². The quantitative estimate of drug-likeness (QED) is 0.631. The number of benzene rings is 2. The molecule has 0 spiro atoms. The molecule has 5 nitrogen and oxygen atoms in total. The Morgan fingerprint density at radius 3 is 2.52 bits per heavy atom. The molecular weight excluding hydrogens is 365 g/mol. The van der Waals surface area contributed by atoms with Gasteiger partial charge in [-0.25, -0.2) is 4.39 Å². The SMILES string of the molecule is Cc1ccccc1-c1nnc(S[C@H](C)C(=O)N[C@@H](C)c2ccc(F)cc2)o1. The van der Waals surface area contributed by atoms with Gasteiger partial charge in [0.25, 0.3) is 5.22 Å². The Morgan fingerprint density at radius 1 is 1.11 bits per heavy atom. The van der Waals surface area contributed by atoms with Gasteiger partial charge in [-0.05, 0) is 50.1 Å². The van der Waals surface area contributed by atoms with E-state index in [0.29, 0.717) is 11.1 Å². The number of hydrogen-bond acceptors (Lipinski definition) is 5. The number of nitrogens with zero attached hydrogens (tertiary/aromatic N) is 2. The zero-order valence-corrected chi connectivity index (χ0v) is 16.1. The van der Waals surface area contributed by atoms with Gasteiger partial charge < -0.3 is 9.73 Å². The van der Waals surface area contributed by atoms with Crippen LogP contribution in [0.3, 0.4) is 0 Å². The highest BCUT2D eigenvalue weighted by Gasteiger charge is 2.21. The lowest BCUT2D eigenvalue weighted by atomic mass is 10.1. The molecule has 0 unspecified atom stereocenters. The molecule has 2 atom stereocenters. The van der Waals surface area contributed by atoms with E-state index in [9.17, 15) is 9.18 Å². The summed E-state index contributed by atoms with van der Waals surface area (Å²) in [7, 11) is 0. The van der Waals surface area contributed by atoms with Gasteiger partial charge >= 0.3 is 0 Å². The summed E-state index contributed by atoms with van der Waals surface area (Å²) in [6, 6.07) is 13.6. The van der Waals surface area contributed by atoms with E-state index < -0.39 is 5.25 Å². The number of carbonyl (C=O) groups excluding carboxylic acids is 1. The molecule has 1 amide bonds. The first-order chi connectivity index (χ1) is 12.9. The van der Waals surface area contributed by atoms with Crippen LogP contribution in [0.4, 0.5) is 4.39 Å². The van der Waals surface area contributed by atoms with Gasteiger partial charge in [0, 0.05) is 5.56 Å². The summed E-state index contributed by atoms with van der Waals surface area (Å²) in [6.45, 7) is 5.60. The van der Waals surface area contributed by atoms with E-state index in [1.165, 1.54) is 23.9 Å². The Balaban J connectivity index is 1.61. The monoisotopic (exact) mass is 385 g/mol. The van der Waals surface area contributed by atoms with E-state index >= 15 is 0 Å². The number of amides is 1. The average molecular weight is 385 g/mol. The molecule has 3 aromatic rings. The van der Waals surface area contributed by atoms with Gasteiger partial charge in [0.15, 0.2) is 0 Å². The van der Waals surface area contributed by atoms with Gasteiger partial charge in [-0.3, -0.25) is 4.79 Å². The predicted octanol–water partition coefficient (Wildman–Crippen LogP) is 4.54. The van der Waals surface area contributed by atoms with Crippen molar-refractivity contribution in [1.82, 2.24) is 15.5 Å². The smallest absolute Gasteiger partial charge is 0.277 e. The molecule has 0 bridgehead atoms. The number of hydrogen-bond donors (Lipinski definition) is 1. The normalized spacial score (nSPS) is 13.2. The maximum atomic E-state index is 13.0. The van der Waals surface area contributed by atoms with Gasteiger partial charge in [0.05, 0.1) is 11.3 Å². The maximum Gasteiger partial charge on any atom is 0.277 e. The third-order valence-electron chi connectivity index (χ3n) is 4.16. The Bertz CT molecular complexity index is 927. The van der Waals surface area contributed by atoms with Gasteiger partial charge in [-0.2, -0.15) is 0 Å². The largest absolute Gasteiger partial charge is 0.411 e. The standard InChI is InChI=1S/C20H20FN3O2S/c1-12-6-4-5-7-17(12)19-23-24-20(26-19)27-14(3)18(25)22-13(2)15-8-10-16(21)11-9-15/h4-11,13-14H,1-3H3,(H,22,25)/t13-,14+/m0/s1. The van der Waals surface area contributed by atoms with Crippen molar-refractivity contribution in [3.63, 3.8) is 0 Å². The summed E-state index contributed by atoms with van der Waals surface area (Å²) < 4.78 is 18.7. The molecule has 1 heterocycles. The molecule has 0 radical (unpaired) electrons. The third kappa shape index (κ3) is 4.74. The number of rotatable bonds is 6. The molecule has 0 saturated carbocycles. The minimum absolute atomic E-state index is 0.160. The lowest BCUT2D eigenvalue weighted by Gasteiger charge is -2.16. The van der Waals surface area contributed by atoms with Crippen LogP contribution < -0.4 is 5.32 Å². The van der Waals surface area contributed by atoms with Crippen molar-refractivity contribution < 1.29 is 13.6 Å². The van der Waals surface area contributed by atoms with E-state index in [-0.39, 0.29) is 17.8 Å². The highest BCUT2D eigenvalue weighted by Crippen LogP contribution is 2.28. The van der Waals surface area contributed by atoms with Crippen molar-refractivity contribution >= 4 is 17.7 Å². The molecule has 140 valence electrons. The number of carbonyl (C=O) groups is 1. The number of aryl methyl sites for hydroxylation is 1. The summed E-state index contributed by atoms with van der Waals surface area (Å²) in [6.07, 6.45) is 0. The van der Waals surface area contributed by atoms with E-state index in [1.54, 1.807) is 19.1 Å². The van der Waals surface area contributed by atoms with Crippen LogP contribution in [0.15, 0.2) is 58.2 Å². The van der Waals surface area contributed by atoms with Gasteiger partial charge in [-0.15, -0.1) is 10.2 Å². The number of halogens is 1. The summed E-state index contributed by atoms with van der Waals surface area (Å²) >= 11 is 1.20. The maximum absolute atomic E-state index is 13.0. The Morgan fingerprint density at radius 2 is 1.81 bits per heavy atom. The predicted molar refractivity (Wildman–Crippen MR) is 103 cm³/mol. The van der Waals surface area contributed by atoms with Gasteiger partial charge in [-0.1, -0.05) is 42.1 Å². The fraction of sp³-hybridized carbons (Fsp3) is 0.250. The second-order valence-corrected chi connectivity index (χ2v) is 7.52. The molecule has 0 aliphatic carbocycles. The van der Waals surface area contributed by atoms with E-state index in [4.69, 9.17) is 4.42 Å². The Labute approximate surface area is 161 Å². The van der Waals surface area contributed by atoms with Crippen LogP contribution in [0.1, 0.15) is 31.0 Å². The number of aromatic nitrogens is 2.